The predicted octanol–water partition coefficient (Wildman–Crippen LogP) is 3.43. The molecule has 0 aromatic heterocycles. The van der Waals surface area contributed by atoms with E-state index in [4.69, 9.17) is 0 Å². The van der Waals surface area contributed by atoms with Gasteiger partial charge in [0.25, 0.3) is 0 Å². The van der Waals surface area contributed by atoms with Crippen molar-refractivity contribution in [2.24, 2.45) is 0 Å². The molecule has 0 atom stereocenters. The van der Waals surface area contributed by atoms with Gasteiger partial charge in [0.1, 0.15) is 0 Å². The highest BCUT2D eigenvalue weighted by Crippen LogP contribution is 2.01. The Morgan fingerprint density at radius 1 is 0.545 bits per heavy atom. The molecule has 0 nitrogen and oxygen atoms in total. The Bertz CT molecular complexity index is 161. The van der Waals surface area contributed by atoms with Gasteiger partial charge in [-0.1, -0.05) is 36.5 Å². The zero-order valence-electron chi connectivity index (χ0n) is 6.87. The lowest BCUT2D eigenvalue weighted by Gasteiger charge is -1.87. The van der Waals surface area contributed by atoms with Crippen LogP contribution in [-0.2, 0) is 0 Å². The normalized spacial score (nSPS) is 28.4. The number of rotatable bonds is 0. The van der Waals surface area contributed by atoms with Crippen LogP contribution >= 0.6 is 0 Å². The molecular formula is C11H15. The smallest absolute Gasteiger partial charge is 0.0164 e. The Labute approximate surface area is 69.3 Å². The monoisotopic (exact) mass is 147 g/mol. The van der Waals surface area contributed by atoms with E-state index in [2.05, 4.69) is 42.9 Å². The molecule has 0 aliphatic heterocycles. The summed E-state index contributed by atoms with van der Waals surface area (Å²) in [5, 5.41) is 0. The van der Waals surface area contributed by atoms with E-state index in [-0.39, 0.29) is 0 Å². The summed E-state index contributed by atoms with van der Waals surface area (Å²) in [7, 11) is 0. The van der Waals surface area contributed by atoms with Crippen LogP contribution in [0.3, 0.4) is 0 Å². The highest BCUT2D eigenvalue weighted by Gasteiger charge is 1.82. The van der Waals surface area contributed by atoms with Gasteiger partial charge in [-0.3, -0.25) is 0 Å². The molecule has 1 rings (SSSR count). The van der Waals surface area contributed by atoms with Crippen molar-refractivity contribution in [3.63, 3.8) is 0 Å². The zero-order chi connectivity index (χ0) is 7.78. The van der Waals surface area contributed by atoms with Gasteiger partial charge >= 0.3 is 0 Å². The van der Waals surface area contributed by atoms with Crippen LogP contribution in [0.15, 0.2) is 36.5 Å². The summed E-state index contributed by atoms with van der Waals surface area (Å²) in [4.78, 5) is 0. The molecule has 0 aromatic carbocycles. The van der Waals surface area contributed by atoms with Crippen LogP contribution in [0, 0.1) is 6.42 Å². The largest absolute Gasteiger partial charge is 0.0885 e. The van der Waals surface area contributed by atoms with E-state index in [1.54, 1.807) is 0 Å². The summed E-state index contributed by atoms with van der Waals surface area (Å²) in [5.74, 6) is 0. The van der Waals surface area contributed by atoms with Crippen LogP contribution in [0.1, 0.15) is 25.7 Å². The van der Waals surface area contributed by atoms with Crippen molar-refractivity contribution in [3.8, 4) is 0 Å². The van der Waals surface area contributed by atoms with E-state index in [0.717, 1.165) is 0 Å². The fourth-order valence-corrected chi connectivity index (χ4v) is 1.03. The first kappa shape index (κ1) is 8.32. The standard InChI is InChI=1S/C11H15/c1-2-4-6-8-10-11-9-7-5-3-1/h1-5,10-11H,6-9H2/b2-1+,5-3-,11-10+. The van der Waals surface area contributed by atoms with Gasteiger partial charge < -0.3 is 0 Å². The van der Waals surface area contributed by atoms with Crippen molar-refractivity contribution in [1.82, 2.24) is 0 Å². The number of hydrogen-bond acceptors (Lipinski definition) is 0. The lowest BCUT2D eigenvalue weighted by atomic mass is 10.2. The summed E-state index contributed by atoms with van der Waals surface area (Å²) in [6, 6.07) is 0. The van der Waals surface area contributed by atoms with Crippen molar-refractivity contribution in [2.75, 3.05) is 0 Å². The second kappa shape index (κ2) is 5.96. The summed E-state index contributed by atoms with van der Waals surface area (Å²) < 4.78 is 0. The number of hydrogen-bond donors (Lipinski definition) is 0. The van der Waals surface area contributed by atoms with Gasteiger partial charge in [0.2, 0.25) is 0 Å². The quantitative estimate of drug-likeness (QED) is 0.460. The second-order valence-electron chi connectivity index (χ2n) is 2.67. The molecule has 0 heterocycles. The van der Waals surface area contributed by atoms with E-state index in [1.807, 2.05) is 0 Å². The third-order valence-corrected chi connectivity index (χ3v) is 1.66. The molecule has 0 saturated heterocycles. The SMILES string of the molecule is [CH]1/C=C/C=C\CC/C=C/CC1. The summed E-state index contributed by atoms with van der Waals surface area (Å²) >= 11 is 0. The lowest BCUT2D eigenvalue weighted by molar-refractivity contribution is 0.981. The minimum absolute atomic E-state index is 1.17. The highest BCUT2D eigenvalue weighted by atomic mass is 13.9. The van der Waals surface area contributed by atoms with E-state index >= 15 is 0 Å². The molecule has 0 unspecified atom stereocenters. The summed E-state index contributed by atoms with van der Waals surface area (Å²) in [5.41, 5.74) is 0. The molecule has 0 aromatic rings. The number of allylic oxidation sites excluding steroid dienone is 6. The Kier molecular flexibility index (Phi) is 4.51. The molecule has 11 heavy (non-hydrogen) atoms. The molecule has 0 spiro atoms. The molecule has 0 fully saturated rings. The minimum Gasteiger partial charge on any atom is -0.0885 e. The van der Waals surface area contributed by atoms with Gasteiger partial charge in [-0.05, 0) is 32.1 Å². The molecule has 0 saturated carbocycles. The molecule has 0 heteroatoms. The van der Waals surface area contributed by atoms with Crippen LogP contribution in [-0.4, -0.2) is 0 Å². The van der Waals surface area contributed by atoms with Crippen molar-refractivity contribution < 1.29 is 0 Å². The van der Waals surface area contributed by atoms with Crippen LogP contribution in [0.2, 0.25) is 0 Å². The van der Waals surface area contributed by atoms with Crippen LogP contribution in [0.4, 0.5) is 0 Å². The maximum absolute atomic E-state index is 2.27. The van der Waals surface area contributed by atoms with Gasteiger partial charge in [-0.25, -0.2) is 0 Å². The summed E-state index contributed by atoms with van der Waals surface area (Å²) in [6.07, 6.45) is 20.0. The summed E-state index contributed by atoms with van der Waals surface area (Å²) in [6.45, 7) is 0. The van der Waals surface area contributed by atoms with E-state index in [1.165, 1.54) is 25.7 Å². The molecule has 1 radical (unpaired) electrons. The fourth-order valence-electron chi connectivity index (χ4n) is 1.03. The fraction of sp³-hybridized carbons (Fsp3) is 0.364. The van der Waals surface area contributed by atoms with E-state index in [0.29, 0.717) is 0 Å². The van der Waals surface area contributed by atoms with Gasteiger partial charge in [0.15, 0.2) is 0 Å². The average molecular weight is 147 g/mol. The van der Waals surface area contributed by atoms with Gasteiger partial charge in [-0.2, -0.15) is 0 Å². The van der Waals surface area contributed by atoms with Gasteiger partial charge in [0, 0.05) is 0 Å². The lowest BCUT2D eigenvalue weighted by Crippen LogP contribution is -1.69. The molecule has 1 aliphatic carbocycles. The van der Waals surface area contributed by atoms with Crippen LogP contribution in [0.5, 0.6) is 0 Å². The maximum Gasteiger partial charge on any atom is -0.0164 e. The molecule has 0 amide bonds. The third-order valence-electron chi connectivity index (χ3n) is 1.66. The van der Waals surface area contributed by atoms with Crippen molar-refractivity contribution in [3.05, 3.63) is 42.9 Å². The Morgan fingerprint density at radius 3 is 2.18 bits per heavy atom. The van der Waals surface area contributed by atoms with E-state index < -0.39 is 0 Å². The van der Waals surface area contributed by atoms with E-state index in [9.17, 15) is 0 Å². The Morgan fingerprint density at radius 2 is 1.27 bits per heavy atom. The Hall–Kier alpha value is -0.780. The topological polar surface area (TPSA) is 0 Å². The molecular weight excluding hydrogens is 132 g/mol. The van der Waals surface area contributed by atoms with Crippen molar-refractivity contribution >= 4 is 0 Å². The van der Waals surface area contributed by atoms with Crippen LogP contribution < -0.4 is 0 Å². The molecule has 0 N–H and O–H groups in total. The predicted molar refractivity (Wildman–Crippen MR) is 50.2 cm³/mol. The molecule has 0 bridgehead atoms. The zero-order valence-corrected chi connectivity index (χ0v) is 6.87. The van der Waals surface area contributed by atoms with Crippen molar-refractivity contribution in [2.45, 2.75) is 25.7 Å². The first-order valence-electron chi connectivity index (χ1n) is 4.30. The second-order valence-corrected chi connectivity index (χ2v) is 2.67. The maximum atomic E-state index is 2.27. The van der Waals surface area contributed by atoms with Crippen molar-refractivity contribution in [1.29, 1.82) is 0 Å². The van der Waals surface area contributed by atoms with Gasteiger partial charge in [0.05, 0.1) is 0 Å². The molecule has 59 valence electrons. The first-order chi connectivity index (χ1) is 5.50. The Balaban J connectivity index is 2.34. The average Bonchev–Trinajstić information content (AvgIpc) is 2.08. The van der Waals surface area contributed by atoms with Crippen LogP contribution in [0.25, 0.3) is 0 Å². The molecule has 1 aliphatic rings. The minimum atomic E-state index is 1.17. The van der Waals surface area contributed by atoms with Gasteiger partial charge in [-0.15, -0.1) is 0 Å². The highest BCUT2D eigenvalue weighted by molar-refractivity contribution is 5.08. The first-order valence-corrected chi connectivity index (χ1v) is 4.30. The third kappa shape index (κ3) is 4.60.